The summed E-state index contributed by atoms with van der Waals surface area (Å²) in [6.45, 7) is 18.2. The molecule has 3 rings (SSSR count). The van der Waals surface area contributed by atoms with Crippen LogP contribution in [0.4, 0.5) is 0 Å². The van der Waals surface area contributed by atoms with Crippen molar-refractivity contribution in [3.05, 3.63) is 60.7 Å². The molecule has 0 aliphatic heterocycles. The molecule has 3 aromatic rings. The highest BCUT2D eigenvalue weighted by molar-refractivity contribution is 8.03. The molecule has 0 aromatic heterocycles. The Kier molecular flexibility index (Phi) is 10.4. The van der Waals surface area contributed by atoms with Gasteiger partial charge in [0, 0.05) is 40.6 Å². The van der Waals surface area contributed by atoms with E-state index in [1.165, 1.54) is 41.8 Å². The van der Waals surface area contributed by atoms with Crippen LogP contribution in [-0.2, 0) is 0 Å². The molecule has 0 spiro atoms. The molecule has 0 nitrogen and oxygen atoms in total. The van der Waals surface area contributed by atoms with Crippen LogP contribution < -0.4 is 0 Å². The minimum absolute atomic E-state index is 0.545. The summed E-state index contributed by atoms with van der Waals surface area (Å²) in [6.07, 6.45) is 0. The van der Waals surface area contributed by atoms with Crippen molar-refractivity contribution in [2.45, 2.75) is 96.0 Å². The number of rotatable bonds is 10. The van der Waals surface area contributed by atoms with E-state index in [0.717, 1.165) is 0 Å². The van der Waals surface area contributed by atoms with Gasteiger partial charge < -0.3 is 0 Å². The third-order valence-electron chi connectivity index (χ3n) is 4.90. The summed E-state index contributed by atoms with van der Waals surface area (Å²) in [4.78, 5) is 5.61. The molecule has 0 radical (unpaired) electrons. The van der Waals surface area contributed by atoms with Gasteiger partial charge in [0.1, 0.15) is 0 Å². The van der Waals surface area contributed by atoms with Gasteiger partial charge in [0.25, 0.3) is 0 Å². The van der Waals surface area contributed by atoms with Gasteiger partial charge in [0.05, 0.1) is 0 Å². The summed E-state index contributed by atoms with van der Waals surface area (Å²) in [5, 5.41) is 2.22. The molecule has 0 atom stereocenters. The topological polar surface area (TPSA) is 0 Å². The first-order valence-electron chi connectivity index (χ1n) is 12.2. The molecule has 34 heavy (non-hydrogen) atoms. The molecule has 4 heteroatoms. The van der Waals surface area contributed by atoms with Crippen molar-refractivity contribution in [3.63, 3.8) is 0 Å². The zero-order chi connectivity index (χ0) is 24.8. The Morgan fingerprint density at radius 1 is 0.412 bits per heavy atom. The fourth-order valence-corrected chi connectivity index (χ4v) is 8.00. The predicted molar refractivity (Wildman–Crippen MR) is 161 cm³/mol. The van der Waals surface area contributed by atoms with Crippen molar-refractivity contribution in [2.75, 3.05) is 0 Å². The molecule has 0 bridgehead atoms. The van der Waals surface area contributed by atoms with E-state index in [1.807, 2.05) is 47.0 Å². The highest BCUT2D eigenvalue weighted by atomic mass is 32.2. The Hall–Kier alpha value is -0.940. The summed E-state index contributed by atoms with van der Waals surface area (Å²) in [5.74, 6) is 0. The SMILES string of the molecule is CC(C)Sc1cccc(-c2ccc(-c3cccc(SC(C)C)c3SC(C)C)cc2)c1SC(C)C. The lowest BCUT2D eigenvalue weighted by Gasteiger charge is -2.19. The van der Waals surface area contributed by atoms with E-state index in [1.54, 1.807) is 0 Å². The summed E-state index contributed by atoms with van der Waals surface area (Å²) in [5.41, 5.74) is 5.28. The summed E-state index contributed by atoms with van der Waals surface area (Å²) >= 11 is 7.89. The molecular formula is C30H38S4. The van der Waals surface area contributed by atoms with Crippen LogP contribution in [-0.4, -0.2) is 21.0 Å². The maximum absolute atomic E-state index is 2.31. The Morgan fingerprint density at radius 3 is 1.03 bits per heavy atom. The lowest BCUT2D eigenvalue weighted by atomic mass is 10.0. The van der Waals surface area contributed by atoms with E-state index < -0.39 is 0 Å². The van der Waals surface area contributed by atoms with Gasteiger partial charge in [-0.1, -0.05) is 104 Å². The number of benzene rings is 3. The van der Waals surface area contributed by atoms with Crippen LogP contribution in [0, 0.1) is 0 Å². The summed E-state index contributed by atoms with van der Waals surface area (Å²) in [7, 11) is 0. The highest BCUT2D eigenvalue weighted by Gasteiger charge is 2.16. The first kappa shape index (κ1) is 27.6. The van der Waals surface area contributed by atoms with Gasteiger partial charge >= 0.3 is 0 Å². The van der Waals surface area contributed by atoms with Crippen molar-refractivity contribution in [3.8, 4) is 22.3 Å². The Balaban J connectivity index is 2.04. The maximum atomic E-state index is 2.31. The Labute approximate surface area is 224 Å². The van der Waals surface area contributed by atoms with Crippen LogP contribution >= 0.6 is 47.0 Å². The monoisotopic (exact) mass is 526 g/mol. The third kappa shape index (κ3) is 7.53. The molecule has 0 saturated heterocycles. The van der Waals surface area contributed by atoms with Gasteiger partial charge in [-0.25, -0.2) is 0 Å². The normalized spacial score (nSPS) is 11.9. The van der Waals surface area contributed by atoms with Gasteiger partial charge in [0.2, 0.25) is 0 Å². The molecule has 0 heterocycles. The Morgan fingerprint density at radius 2 is 0.735 bits per heavy atom. The van der Waals surface area contributed by atoms with Gasteiger partial charge in [-0.15, -0.1) is 47.0 Å². The van der Waals surface area contributed by atoms with Gasteiger partial charge in [0.15, 0.2) is 0 Å². The fraction of sp³-hybridized carbons (Fsp3) is 0.400. The van der Waals surface area contributed by atoms with E-state index in [2.05, 4.69) is 116 Å². The van der Waals surface area contributed by atoms with Gasteiger partial charge in [-0.2, -0.15) is 0 Å². The quantitative estimate of drug-likeness (QED) is 0.241. The van der Waals surface area contributed by atoms with Crippen molar-refractivity contribution in [1.29, 1.82) is 0 Å². The molecule has 0 unspecified atom stereocenters. The van der Waals surface area contributed by atoms with Crippen molar-refractivity contribution < 1.29 is 0 Å². The standard InChI is InChI=1S/C30H38S4/c1-19(2)31-27-13-9-11-25(29(27)33-21(5)6)23-15-17-24(18-16-23)26-12-10-14-28(32-20(3)4)30(26)34-22(7)8/h9-22H,1-8H3. The molecule has 3 aromatic carbocycles. The fourth-order valence-electron chi connectivity index (χ4n) is 3.72. The van der Waals surface area contributed by atoms with Crippen LogP contribution in [0.1, 0.15) is 55.4 Å². The van der Waals surface area contributed by atoms with Crippen molar-refractivity contribution in [1.82, 2.24) is 0 Å². The van der Waals surface area contributed by atoms with Crippen molar-refractivity contribution in [2.24, 2.45) is 0 Å². The average Bonchev–Trinajstić information content (AvgIpc) is 2.75. The minimum Gasteiger partial charge on any atom is -0.122 e. The van der Waals surface area contributed by atoms with Crippen LogP contribution in [0.3, 0.4) is 0 Å². The molecule has 182 valence electrons. The Bertz CT molecular complexity index is 979. The van der Waals surface area contributed by atoms with E-state index in [4.69, 9.17) is 0 Å². The number of hydrogen-bond acceptors (Lipinski definition) is 4. The predicted octanol–water partition coefficient (Wildman–Crippen LogP) is 11.0. The van der Waals surface area contributed by atoms with Gasteiger partial charge in [-0.3, -0.25) is 0 Å². The van der Waals surface area contributed by atoms with E-state index >= 15 is 0 Å². The summed E-state index contributed by atoms with van der Waals surface area (Å²) in [6, 6.07) is 22.8. The largest absolute Gasteiger partial charge is 0.122 e. The maximum Gasteiger partial charge on any atom is 0.0289 e. The van der Waals surface area contributed by atoms with Crippen LogP contribution in [0.25, 0.3) is 22.3 Å². The highest BCUT2D eigenvalue weighted by Crippen LogP contribution is 2.44. The molecule has 0 N–H and O–H groups in total. The number of thioether (sulfide) groups is 4. The van der Waals surface area contributed by atoms with E-state index in [0.29, 0.717) is 21.0 Å². The molecule has 0 aliphatic rings. The zero-order valence-corrected chi connectivity index (χ0v) is 25.0. The van der Waals surface area contributed by atoms with E-state index in [-0.39, 0.29) is 0 Å². The lowest BCUT2D eigenvalue weighted by molar-refractivity contribution is 1.08. The molecule has 0 fully saturated rings. The molecule has 0 aliphatic carbocycles. The zero-order valence-electron chi connectivity index (χ0n) is 21.7. The van der Waals surface area contributed by atoms with Crippen LogP contribution in [0.5, 0.6) is 0 Å². The van der Waals surface area contributed by atoms with Crippen molar-refractivity contribution >= 4 is 47.0 Å². The molecule has 0 saturated carbocycles. The summed E-state index contributed by atoms with van der Waals surface area (Å²) < 4.78 is 0. The minimum atomic E-state index is 0.545. The second kappa shape index (κ2) is 12.9. The van der Waals surface area contributed by atoms with Crippen LogP contribution in [0.2, 0.25) is 0 Å². The first-order valence-corrected chi connectivity index (χ1v) is 15.7. The number of hydrogen-bond donors (Lipinski definition) is 0. The second-order valence-corrected chi connectivity index (χ2v) is 15.9. The van der Waals surface area contributed by atoms with Gasteiger partial charge in [-0.05, 0) is 34.4 Å². The molecule has 0 amide bonds. The second-order valence-electron chi connectivity index (χ2n) is 9.51. The lowest BCUT2D eigenvalue weighted by Crippen LogP contribution is -1.95. The van der Waals surface area contributed by atoms with Crippen LogP contribution in [0.15, 0.2) is 80.2 Å². The smallest absolute Gasteiger partial charge is 0.0289 e. The van der Waals surface area contributed by atoms with E-state index in [9.17, 15) is 0 Å². The molecular weight excluding hydrogens is 489 g/mol. The average molecular weight is 527 g/mol. The first-order chi connectivity index (χ1) is 16.2. The third-order valence-corrected chi connectivity index (χ3v) is 9.58.